The fraction of sp³-hybridized carbons (Fsp3) is 0.625. The van der Waals surface area contributed by atoms with E-state index >= 15 is 0 Å². The Labute approximate surface area is 120 Å². The van der Waals surface area contributed by atoms with E-state index < -0.39 is 0 Å². The zero-order valence-corrected chi connectivity index (χ0v) is 14.0. The Balaban J connectivity index is 2.81. The molecule has 0 bridgehead atoms. The maximum atomic E-state index is 5.93. The van der Waals surface area contributed by atoms with Crippen molar-refractivity contribution in [3.05, 3.63) is 29.3 Å². The summed E-state index contributed by atoms with van der Waals surface area (Å²) in [5.41, 5.74) is 2.92. The molecular weight excluding hydrogens is 288 g/mol. The Kier molecular flexibility index (Phi) is 4.88. The number of rotatable bonds is 4. The highest BCUT2D eigenvalue weighted by Crippen LogP contribution is 2.28. The molecule has 1 aromatic rings. The average molecular weight is 313 g/mol. The third kappa shape index (κ3) is 4.31. The highest BCUT2D eigenvalue weighted by atomic mass is 79.9. The monoisotopic (exact) mass is 312 g/mol. The zero-order chi connectivity index (χ0) is 14.0. The first-order chi connectivity index (χ1) is 8.15. The molecule has 1 nitrogen and oxygen atoms in total. The van der Waals surface area contributed by atoms with Gasteiger partial charge in [0.2, 0.25) is 0 Å². The van der Waals surface area contributed by atoms with Crippen LogP contribution in [0.15, 0.2) is 18.2 Å². The summed E-state index contributed by atoms with van der Waals surface area (Å²) in [6, 6.07) is 6.50. The van der Waals surface area contributed by atoms with Crippen molar-refractivity contribution in [2.45, 2.75) is 47.0 Å². The van der Waals surface area contributed by atoms with Crippen LogP contribution in [0.5, 0.6) is 5.75 Å². The van der Waals surface area contributed by atoms with Crippen molar-refractivity contribution in [1.29, 1.82) is 0 Å². The molecule has 102 valence electrons. The molecule has 1 rings (SSSR count). The minimum atomic E-state index is 0.162. The molecule has 0 saturated heterocycles. The minimum Gasteiger partial charge on any atom is -0.493 e. The lowest BCUT2D eigenvalue weighted by Gasteiger charge is -2.24. The first-order valence-electron chi connectivity index (χ1n) is 6.46. The number of aryl methyl sites for hydroxylation is 1. The van der Waals surface area contributed by atoms with Crippen LogP contribution in [-0.4, -0.2) is 11.9 Å². The van der Waals surface area contributed by atoms with Gasteiger partial charge in [-0.3, -0.25) is 0 Å². The first kappa shape index (κ1) is 15.6. The fourth-order valence-corrected chi connectivity index (χ4v) is 1.75. The number of hydrogen-bond acceptors (Lipinski definition) is 1. The molecule has 0 aromatic heterocycles. The fourth-order valence-electron chi connectivity index (χ4n) is 1.59. The Morgan fingerprint density at radius 3 is 2.17 bits per heavy atom. The van der Waals surface area contributed by atoms with Gasteiger partial charge in [-0.15, -0.1) is 0 Å². The molecule has 0 amide bonds. The van der Waals surface area contributed by atoms with E-state index in [1.54, 1.807) is 0 Å². The van der Waals surface area contributed by atoms with Crippen LogP contribution in [0.2, 0.25) is 0 Å². The van der Waals surface area contributed by atoms with Gasteiger partial charge in [-0.25, -0.2) is 0 Å². The molecule has 0 unspecified atom stereocenters. The van der Waals surface area contributed by atoms with Crippen molar-refractivity contribution in [1.82, 2.24) is 0 Å². The number of benzene rings is 1. The Hall–Kier alpha value is -0.500. The van der Waals surface area contributed by atoms with E-state index in [4.69, 9.17) is 4.74 Å². The van der Waals surface area contributed by atoms with E-state index in [0.717, 1.165) is 17.7 Å². The topological polar surface area (TPSA) is 9.23 Å². The maximum absolute atomic E-state index is 5.93. The molecule has 18 heavy (non-hydrogen) atoms. The smallest absolute Gasteiger partial charge is 0.122 e. The normalized spacial score (nSPS) is 12.6. The molecule has 0 heterocycles. The standard InChI is InChI=1S/C16H25BrO/c1-12-9-13(15(2,3)4)7-8-14(12)18-11-16(5,6)10-17/h7-9H,10-11H2,1-6H3. The molecule has 0 N–H and O–H groups in total. The van der Waals surface area contributed by atoms with Gasteiger partial charge >= 0.3 is 0 Å². The van der Waals surface area contributed by atoms with Crippen molar-refractivity contribution < 1.29 is 4.74 Å². The number of hydrogen-bond donors (Lipinski definition) is 0. The van der Waals surface area contributed by atoms with Crippen LogP contribution in [0, 0.1) is 12.3 Å². The highest BCUT2D eigenvalue weighted by molar-refractivity contribution is 9.09. The van der Waals surface area contributed by atoms with E-state index in [-0.39, 0.29) is 10.8 Å². The van der Waals surface area contributed by atoms with Gasteiger partial charge in [-0.2, -0.15) is 0 Å². The molecule has 0 aliphatic carbocycles. The Bertz CT molecular complexity index is 402. The summed E-state index contributed by atoms with van der Waals surface area (Å²) in [5, 5.41) is 0.944. The first-order valence-corrected chi connectivity index (χ1v) is 7.58. The van der Waals surface area contributed by atoms with E-state index in [1.165, 1.54) is 11.1 Å². The molecule has 0 aliphatic rings. The van der Waals surface area contributed by atoms with E-state index in [2.05, 4.69) is 75.7 Å². The largest absolute Gasteiger partial charge is 0.493 e. The predicted octanol–water partition coefficient (Wildman–Crippen LogP) is 5.09. The molecule has 1 aromatic carbocycles. The SMILES string of the molecule is Cc1cc(C(C)(C)C)ccc1OCC(C)(C)CBr. The molecule has 0 aliphatic heterocycles. The van der Waals surface area contributed by atoms with Crippen LogP contribution < -0.4 is 4.74 Å². The van der Waals surface area contributed by atoms with Crippen LogP contribution in [0.1, 0.15) is 45.7 Å². The summed E-state index contributed by atoms with van der Waals surface area (Å²) in [7, 11) is 0. The van der Waals surface area contributed by atoms with Crippen LogP contribution in [0.4, 0.5) is 0 Å². The Morgan fingerprint density at radius 1 is 1.11 bits per heavy atom. The quantitative estimate of drug-likeness (QED) is 0.703. The summed E-state index contributed by atoms with van der Waals surface area (Å²) in [6.45, 7) is 13.9. The van der Waals surface area contributed by atoms with Crippen molar-refractivity contribution in [2.75, 3.05) is 11.9 Å². The van der Waals surface area contributed by atoms with Gasteiger partial charge in [0.1, 0.15) is 5.75 Å². The highest BCUT2D eigenvalue weighted by Gasteiger charge is 2.18. The van der Waals surface area contributed by atoms with Crippen LogP contribution in [-0.2, 0) is 5.41 Å². The average Bonchev–Trinajstić information content (AvgIpc) is 2.26. The zero-order valence-electron chi connectivity index (χ0n) is 12.4. The van der Waals surface area contributed by atoms with Crippen molar-refractivity contribution in [3.8, 4) is 5.75 Å². The van der Waals surface area contributed by atoms with Gasteiger partial charge < -0.3 is 4.74 Å². The summed E-state index contributed by atoms with van der Waals surface area (Å²) in [6.07, 6.45) is 0. The predicted molar refractivity (Wildman–Crippen MR) is 82.9 cm³/mol. The van der Waals surface area contributed by atoms with E-state index in [9.17, 15) is 0 Å². The number of ether oxygens (including phenoxy) is 1. The van der Waals surface area contributed by atoms with E-state index in [0.29, 0.717) is 0 Å². The van der Waals surface area contributed by atoms with Crippen molar-refractivity contribution >= 4 is 15.9 Å². The number of halogens is 1. The molecule has 0 fully saturated rings. The molecule has 0 spiro atoms. The van der Waals surface area contributed by atoms with Crippen molar-refractivity contribution in [3.63, 3.8) is 0 Å². The van der Waals surface area contributed by atoms with E-state index in [1.807, 2.05) is 0 Å². The van der Waals surface area contributed by atoms with Gasteiger partial charge in [0, 0.05) is 10.7 Å². The minimum absolute atomic E-state index is 0.162. The van der Waals surface area contributed by atoms with Gasteiger partial charge in [-0.05, 0) is 29.5 Å². The second-order valence-corrected chi connectivity index (χ2v) is 7.38. The Morgan fingerprint density at radius 2 is 1.72 bits per heavy atom. The number of alkyl halides is 1. The lowest BCUT2D eigenvalue weighted by atomic mass is 9.86. The second kappa shape index (κ2) is 5.64. The molecule has 0 radical (unpaired) electrons. The summed E-state index contributed by atoms with van der Waals surface area (Å²) in [4.78, 5) is 0. The molecular formula is C16H25BrO. The maximum Gasteiger partial charge on any atom is 0.122 e. The third-order valence-electron chi connectivity index (χ3n) is 3.02. The van der Waals surface area contributed by atoms with Crippen LogP contribution in [0.25, 0.3) is 0 Å². The third-order valence-corrected chi connectivity index (χ3v) is 4.54. The van der Waals surface area contributed by atoms with Gasteiger partial charge in [0.25, 0.3) is 0 Å². The lowest BCUT2D eigenvalue weighted by Crippen LogP contribution is -2.23. The van der Waals surface area contributed by atoms with Gasteiger partial charge in [0.05, 0.1) is 6.61 Å². The summed E-state index contributed by atoms with van der Waals surface area (Å²) in [5.74, 6) is 0.997. The molecule has 0 saturated carbocycles. The van der Waals surface area contributed by atoms with Gasteiger partial charge in [-0.1, -0.05) is 62.7 Å². The molecule has 2 heteroatoms. The summed E-state index contributed by atoms with van der Waals surface area (Å²) < 4.78 is 5.93. The van der Waals surface area contributed by atoms with Crippen LogP contribution in [0.3, 0.4) is 0 Å². The van der Waals surface area contributed by atoms with Crippen molar-refractivity contribution in [2.24, 2.45) is 5.41 Å². The van der Waals surface area contributed by atoms with Crippen LogP contribution >= 0.6 is 15.9 Å². The summed E-state index contributed by atoms with van der Waals surface area (Å²) >= 11 is 3.52. The lowest BCUT2D eigenvalue weighted by molar-refractivity contribution is 0.202. The van der Waals surface area contributed by atoms with Gasteiger partial charge in [0.15, 0.2) is 0 Å². The molecule has 0 atom stereocenters. The second-order valence-electron chi connectivity index (χ2n) is 6.82.